The third-order valence-corrected chi connectivity index (χ3v) is 7.63. The molecule has 0 radical (unpaired) electrons. The van der Waals surface area contributed by atoms with Crippen molar-refractivity contribution in [1.82, 2.24) is 24.4 Å². The van der Waals surface area contributed by atoms with E-state index in [9.17, 15) is 4.79 Å². The van der Waals surface area contributed by atoms with Crippen LogP contribution in [0.25, 0.3) is 39.4 Å². The summed E-state index contributed by atoms with van der Waals surface area (Å²) in [4.78, 5) is 18.5. The molecule has 0 spiro atoms. The highest BCUT2D eigenvalue weighted by Crippen LogP contribution is 2.29. The van der Waals surface area contributed by atoms with Gasteiger partial charge in [-0.3, -0.25) is 4.79 Å². The average molecular weight is 597 g/mol. The monoisotopic (exact) mass is 595 g/mol. The molecule has 0 fully saturated rings. The highest BCUT2D eigenvalue weighted by molar-refractivity contribution is 9.10. The number of benzene rings is 3. The summed E-state index contributed by atoms with van der Waals surface area (Å²) in [6.45, 7) is 6.15. The lowest BCUT2D eigenvalue weighted by molar-refractivity contribution is 0.361. The van der Waals surface area contributed by atoms with Gasteiger partial charge in [0, 0.05) is 27.4 Å². The van der Waals surface area contributed by atoms with Gasteiger partial charge < -0.3 is 4.74 Å². The number of halogens is 1. The number of thiazole rings is 1. The third kappa shape index (κ3) is 4.94. The quantitative estimate of drug-likeness (QED) is 0.216. The van der Waals surface area contributed by atoms with Crippen LogP contribution >= 0.6 is 27.3 Å². The minimum atomic E-state index is -0.214. The Morgan fingerprint density at radius 2 is 1.79 bits per heavy atom. The Kier molecular flexibility index (Phi) is 6.68. The normalized spacial score (nSPS) is 11.8. The van der Waals surface area contributed by atoms with Crippen LogP contribution in [0.1, 0.15) is 11.1 Å². The van der Waals surface area contributed by atoms with E-state index in [4.69, 9.17) is 9.84 Å². The second-order valence-electron chi connectivity index (χ2n) is 8.85. The molecule has 0 unspecified atom stereocenters. The zero-order valence-corrected chi connectivity index (χ0v) is 23.3. The lowest BCUT2D eigenvalue weighted by Crippen LogP contribution is -2.23. The summed E-state index contributed by atoms with van der Waals surface area (Å²) in [5, 5.41) is 9.38. The van der Waals surface area contributed by atoms with Gasteiger partial charge in [0.25, 0.3) is 5.56 Å². The predicted octanol–water partition coefficient (Wildman–Crippen LogP) is 5.85. The molecule has 6 aromatic rings. The maximum atomic E-state index is 13.3. The van der Waals surface area contributed by atoms with Gasteiger partial charge in [-0.15, -0.1) is 5.10 Å². The Morgan fingerprint density at radius 3 is 2.51 bits per heavy atom. The van der Waals surface area contributed by atoms with Crippen molar-refractivity contribution < 1.29 is 4.74 Å². The molecule has 0 atom stereocenters. The second kappa shape index (κ2) is 10.4. The van der Waals surface area contributed by atoms with Crippen molar-refractivity contribution in [3.05, 3.63) is 122 Å². The fourth-order valence-electron chi connectivity index (χ4n) is 4.23. The largest absolute Gasteiger partial charge is 0.489 e. The molecule has 3 heterocycles. The average Bonchev–Trinajstić information content (AvgIpc) is 3.64. The van der Waals surface area contributed by atoms with Crippen molar-refractivity contribution in [1.29, 1.82) is 0 Å². The van der Waals surface area contributed by atoms with Gasteiger partial charge in [0.2, 0.25) is 4.96 Å². The number of aryl methyl sites for hydroxylation is 1. The van der Waals surface area contributed by atoms with Crippen LogP contribution in [0.3, 0.4) is 0 Å². The van der Waals surface area contributed by atoms with Gasteiger partial charge in [0.1, 0.15) is 18.1 Å². The maximum absolute atomic E-state index is 13.3. The topological polar surface area (TPSA) is 74.3 Å². The second-order valence-corrected chi connectivity index (χ2v) is 10.8. The van der Waals surface area contributed by atoms with Gasteiger partial charge in [0.05, 0.1) is 10.2 Å². The summed E-state index contributed by atoms with van der Waals surface area (Å²) in [5.41, 5.74) is 5.03. The number of hydrogen-bond acceptors (Lipinski definition) is 6. The Labute approximate surface area is 236 Å². The summed E-state index contributed by atoms with van der Waals surface area (Å²) < 4.78 is 10.4. The molecule has 0 aliphatic carbocycles. The van der Waals surface area contributed by atoms with E-state index in [1.54, 1.807) is 6.08 Å². The molecule has 0 N–H and O–H groups in total. The van der Waals surface area contributed by atoms with Crippen molar-refractivity contribution in [2.75, 3.05) is 6.61 Å². The van der Waals surface area contributed by atoms with Crippen LogP contribution in [0.15, 0.2) is 101 Å². The van der Waals surface area contributed by atoms with Gasteiger partial charge in [-0.05, 0) is 61.0 Å². The zero-order chi connectivity index (χ0) is 26.9. The molecule has 192 valence electrons. The molecule has 0 saturated carbocycles. The summed E-state index contributed by atoms with van der Waals surface area (Å²) in [7, 11) is 0. The minimum Gasteiger partial charge on any atom is -0.489 e. The molecule has 0 saturated heterocycles. The lowest BCUT2D eigenvalue weighted by atomic mass is 10.0. The molecule has 0 bridgehead atoms. The van der Waals surface area contributed by atoms with Gasteiger partial charge in [-0.25, -0.2) is 4.68 Å². The van der Waals surface area contributed by atoms with Crippen molar-refractivity contribution in [2.45, 2.75) is 6.92 Å². The molecule has 0 amide bonds. The predicted molar refractivity (Wildman–Crippen MR) is 158 cm³/mol. The van der Waals surface area contributed by atoms with E-state index >= 15 is 0 Å². The standard InChI is InChI=1S/C30H22BrN5O2S/c1-3-15-38-25-14-11-21(16-19(25)2)27-22(18-35(33-27)24-7-5-4-6-8-24)17-26-29(37)36-30(39-26)32-28(34-36)20-9-12-23(31)13-10-20/h3-14,16-18H,1,15H2,2H3. The van der Waals surface area contributed by atoms with Gasteiger partial charge in [-0.2, -0.15) is 14.6 Å². The van der Waals surface area contributed by atoms with E-state index < -0.39 is 0 Å². The molecule has 9 heteroatoms. The Balaban J connectivity index is 1.45. The number of nitrogens with zero attached hydrogens (tertiary/aromatic N) is 5. The molecule has 3 aromatic heterocycles. The van der Waals surface area contributed by atoms with Gasteiger partial charge in [-0.1, -0.05) is 70.3 Å². The number of aromatic nitrogens is 5. The summed E-state index contributed by atoms with van der Waals surface area (Å²) >= 11 is 4.75. The minimum absolute atomic E-state index is 0.214. The first-order chi connectivity index (χ1) is 19.0. The van der Waals surface area contributed by atoms with E-state index in [0.717, 1.165) is 43.9 Å². The smallest absolute Gasteiger partial charge is 0.291 e. The third-order valence-electron chi connectivity index (χ3n) is 6.14. The van der Waals surface area contributed by atoms with E-state index in [1.165, 1.54) is 15.9 Å². The van der Waals surface area contributed by atoms with Crippen LogP contribution in [0.2, 0.25) is 0 Å². The van der Waals surface area contributed by atoms with Crippen molar-refractivity contribution in [3.63, 3.8) is 0 Å². The zero-order valence-electron chi connectivity index (χ0n) is 20.9. The molecule has 0 aliphatic heterocycles. The van der Waals surface area contributed by atoms with E-state index in [1.807, 2.05) is 96.7 Å². The van der Waals surface area contributed by atoms with Crippen LogP contribution < -0.4 is 14.8 Å². The number of ether oxygens (including phenoxy) is 1. The highest BCUT2D eigenvalue weighted by Gasteiger charge is 2.16. The lowest BCUT2D eigenvalue weighted by Gasteiger charge is -2.08. The first-order valence-corrected chi connectivity index (χ1v) is 13.8. The molecule has 0 aliphatic rings. The Bertz CT molecular complexity index is 1920. The van der Waals surface area contributed by atoms with Gasteiger partial charge >= 0.3 is 0 Å². The first-order valence-electron chi connectivity index (χ1n) is 12.2. The SMILES string of the molecule is C=CCOc1ccc(-c2nn(-c3ccccc3)cc2C=c2sc3nc(-c4ccc(Br)cc4)nn3c2=O)cc1C. The van der Waals surface area contributed by atoms with E-state index in [-0.39, 0.29) is 5.56 Å². The highest BCUT2D eigenvalue weighted by atomic mass is 79.9. The van der Waals surface area contributed by atoms with Gasteiger partial charge in [0.15, 0.2) is 5.82 Å². The summed E-state index contributed by atoms with van der Waals surface area (Å²) in [5.74, 6) is 1.31. The molecule has 7 nitrogen and oxygen atoms in total. The number of hydrogen-bond donors (Lipinski definition) is 0. The van der Waals surface area contributed by atoms with Crippen LogP contribution in [-0.2, 0) is 0 Å². The van der Waals surface area contributed by atoms with Crippen LogP contribution in [0.5, 0.6) is 5.75 Å². The van der Waals surface area contributed by atoms with Crippen molar-refractivity contribution in [3.8, 4) is 34.1 Å². The number of para-hydroxylation sites is 1. The van der Waals surface area contributed by atoms with Crippen LogP contribution in [0.4, 0.5) is 0 Å². The maximum Gasteiger partial charge on any atom is 0.291 e. The number of fused-ring (bicyclic) bond motifs is 1. The van der Waals surface area contributed by atoms with Crippen molar-refractivity contribution >= 4 is 38.3 Å². The molecule has 39 heavy (non-hydrogen) atoms. The van der Waals surface area contributed by atoms with Crippen LogP contribution in [0, 0.1) is 6.92 Å². The van der Waals surface area contributed by atoms with E-state index in [2.05, 4.69) is 32.6 Å². The summed E-state index contributed by atoms with van der Waals surface area (Å²) in [6.07, 6.45) is 5.52. The van der Waals surface area contributed by atoms with Crippen LogP contribution in [-0.4, -0.2) is 31.0 Å². The molecule has 6 rings (SSSR count). The molecule has 3 aromatic carbocycles. The van der Waals surface area contributed by atoms with Crippen molar-refractivity contribution in [2.24, 2.45) is 0 Å². The molecular formula is C30H22BrN5O2S. The Morgan fingerprint density at radius 1 is 1.03 bits per heavy atom. The summed E-state index contributed by atoms with van der Waals surface area (Å²) in [6, 6.07) is 23.5. The number of rotatable bonds is 7. The van der Waals surface area contributed by atoms with E-state index in [0.29, 0.717) is 21.9 Å². The fraction of sp³-hybridized carbons (Fsp3) is 0.0667. The molecular weight excluding hydrogens is 574 g/mol. The Hall–Kier alpha value is -4.34. The first kappa shape index (κ1) is 25.0. The fourth-order valence-corrected chi connectivity index (χ4v) is 5.40.